The quantitative estimate of drug-likeness (QED) is 0.805. The smallest absolute Gasteiger partial charge is 0.0796 e. The van der Waals surface area contributed by atoms with E-state index in [2.05, 4.69) is 28.2 Å². The lowest BCUT2D eigenvalue weighted by Crippen LogP contribution is -2.43. The summed E-state index contributed by atoms with van der Waals surface area (Å²) in [6.07, 6.45) is 5.78. The summed E-state index contributed by atoms with van der Waals surface area (Å²) in [7, 11) is 0. The molecule has 0 bridgehead atoms. The van der Waals surface area contributed by atoms with Gasteiger partial charge in [0, 0.05) is 12.7 Å². The largest absolute Gasteiger partial charge is 0.354 e. The second kappa shape index (κ2) is 5.98. The number of aromatic nitrogens is 1. The highest BCUT2D eigenvalue weighted by molar-refractivity contribution is 5.50. The standard InChI is InChI=1S/C13H22N4/c1-11-12(5-2-8-15-11)17(10-4-7-14)13-6-3-9-16-13/h2,5,8,13,16H,3-4,6-7,9-10,14H2,1H3. The maximum absolute atomic E-state index is 5.63. The summed E-state index contributed by atoms with van der Waals surface area (Å²) in [5.74, 6) is 0. The minimum absolute atomic E-state index is 0.449. The highest BCUT2D eigenvalue weighted by atomic mass is 15.3. The van der Waals surface area contributed by atoms with Crippen LogP contribution in [-0.2, 0) is 0 Å². The molecule has 1 atom stereocenters. The van der Waals surface area contributed by atoms with Crippen LogP contribution in [0.25, 0.3) is 0 Å². The predicted octanol–water partition coefficient (Wildman–Crippen LogP) is 1.25. The first-order valence-electron chi connectivity index (χ1n) is 6.44. The van der Waals surface area contributed by atoms with Gasteiger partial charge in [-0.15, -0.1) is 0 Å². The van der Waals surface area contributed by atoms with E-state index in [1.807, 2.05) is 12.3 Å². The molecule has 2 heterocycles. The van der Waals surface area contributed by atoms with Crippen molar-refractivity contribution in [2.45, 2.75) is 32.4 Å². The summed E-state index contributed by atoms with van der Waals surface area (Å²) < 4.78 is 0. The third-order valence-electron chi connectivity index (χ3n) is 3.30. The Morgan fingerprint density at radius 1 is 1.59 bits per heavy atom. The Labute approximate surface area is 103 Å². The molecule has 4 heteroatoms. The molecule has 1 saturated heterocycles. The van der Waals surface area contributed by atoms with Crippen LogP contribution in [0.5, 0.6) is 0 Å². The molecule has 17 heavy (non-hydrogen) atoms. The molecule has 4 nitrogen and oxygen atoms in total. The van der Waals surface area contributed by atoms with Crippen LogP contribution >= 0.6 is 0 Å². The van der Waals surface area contributed by atoms with Gasteiger partial charge in [-0.1, -0.05) is 0 Å². The number of nitrogens with zero attached hydrogens (tertiary/aromatic N) is 2. The SMILES string of the molecule is Cc1ncccc1N(CCCN)C1CCCN1. The molecule has 1 aliphatic rings. The first kappa shape index (κ1) is 12.3. The van der Waals surface area contributed by atoms with Crippen molar-refractivity contribution in [1.82, 2.24) is 10.3 Å². The van der Waals surface area contributed by atoms with Crippen LogP contribution in [0.1, 0.15) is 25.0 Å². The fourth-order valence-electron chi connectivity index (χ4n) is 2.42. The molecular weight excluding hydrogens is 212 g/mol. The van der Waals surface area contributed by atoms with Gasteiger partial charge in [-0.05, 0) is 51.4 Å². The van der Waals surface area contributed by atoms with Crippen molar-refractivity contribution in [2.75, 3.05) is 24.5 Å². The van der Waals surface area contributed by atoms with Crippen LogP contribution in [-0.4, -0.2) is 30.8 Å². The maximum atomic E-state index is 5.63. The van der Waals surface area contributed by atoms with Gasteiger partial charge in [-0.25, -0.2) is 0 Å². The summed E-state index contributed by atoms with van der Waals surface area (Å²) in [6, 6.07) is 4.16. The van der Waals surface area contributed by atoms with Crippen molar-refractivity contribution in [2.24, 2.45) is 5.73 Å². The third-order valence-corrected chi connectivity index (χ3v) is 3.30. The van der Waals surface area contributed by atoms with Gasteiger partial charge in [-0.2, -0.15) is 0 Å². The van der Waals surface area contributed by atoms with Crippen LogP contribution in [0.3, 0.4) is 0 Å². The van der Waals surface area contributed by atoms with Crippen molar-refractivity contribution < 1.29 is 0 Å². The summed E-state index contributed by atoms with van der Waals surface area (Å²) in [5.41, 5.74) is 7.96. The van der Waals surface area contributed by atoms with Gasteiger partial charge in [0.25, 0.3) is 0 Å². The Kier molecular flexibility index (Phi) is 4.34. The molecule has 2 rings (SSSR count). The van der Waals surface area contributed by atoms with Crippen molar-refractivity contribution in [3.05, 3.63) is 24.0 Å². The molecule has 0 aliphatic carbocycles. The van der Waals surface area contributed by atoms with E-state index in [0.29, 0.717) is 6.17 Å². The lowest BCUT2D eigenvalue weighted by Gasteiger charge is -2.32. The molecule has 3 N–H and O–H groups in total. The molecule has 1 aromatic rings. The summed E-state index contributed by atoms with van der Waals surface area (Å²) >= 11 is 0. The molecule has 0 saturated carbocycles. The van der Waals surface area contributed by atoms with E-state index in [1.54, 1.807) is 0 Å². The number of hydrogen-bond donors (Lipinski definition) is 2. The number of aryl methyl sites for hydroxylation is 1. The molecule has 1 fully saturated rings. The number of anilines is 1. The zero-order valence-corrected chi connectivity index (χ0v) is 10.5. The van der Waals surface area contributed by atoms with E-state index in [-0.39, 0.29) is 0 Å². The Bertz CT molecular complexity index is 347. The van der Waals surface area contributed by atoms with Gasteiger partial charge >= 0.3 is 0 Å². The first-order chi connectivity index (χ1) is 8.33. The molecule has 94 valence electrons. The molecule has 1 unspecified atom stereocenters. The highest BCUT2D eigenvalue weighted by Crippen LogP contribution is 2.23. The Hall–Kier alpha value is -1.13. The minimum Gasteiger partial charge on any atom is -0.354 e. The molecule has 0 radical (unpaired) electrons. The fraction of sp³-hybridized carbons (Fsp3) is 0.615. The molecule has 0 amide bonds. The van der Waals surface area contributed by atoms with Crippen molar-refractivity contribution in [1.29, 1.82) is 0 Å². The summed E-state index contributed by atoms with van der Waals surface area (Å²) in [6.45, 7) is 4.92. The Balaban J connectivity index is 2.16. The van der Waals surface area contributed by atoms with Gasteiger partial charge in [-0.3, -0.25) is 10.3 Å². The van der Waals surface area contributed by atoms with E-state index >= 15 is 0 Å². The normalized spacial score (nSPS) is 19.5. The van der Waals surface area contributed by atoms with Gasteiger partial charge in [0.1, 0.15) is 0 Å². The van der Waals surface area contributed by atoms with Gasteiger partial charge in [0.05, 0.1) is 17.5 Å². The van der Waals surface area contributed by atoms with Gasteiger partial charge in [0.15, 0.2) is 0 Å². The average Bonchev–Trinajstić information content (AvgIpc) is 2.85. The Morgan fingerprint density at radius 2 is 2.47 bits per heavy atom. The van der Waals surface area contributed by atoms with Crippen molar-refractivity contribution in [3.8, 4) is 0 Å². The lowest BCUT2D eigenvalue weighted by molar-refractivity contribution is 0.547. The lowest BCUT2D eigenvalue weighted by atomic mass is 10.2. The van der Waals surface area contributed by atoms with E-state index in [9.17, 15) is 0 Å². The maximum Gasteiger partial charge on any atom is 0.0796 e. The van der Waals surface area contributed by atoms with Crippen molar-refractivity contribution >= 4 is 5.69 Å². The van der Waals surface area contributed by atoms with Crippen LogP contribution in [0.2, 0.25) is 0 Å². The zero-order valence-electron chi connectivity index (χ0n) is 10.5. The third kappa shape index (κ3) is 2.96. The minimum atomic E-state index is 0.449. The van der Waals surface area contributed by atoms with Crippen LogP contribution in [0, 0.1) is 6.92 Å². The summed E-state index contributed by atoms with van der Waals surface area (Å²) in [4.78, 5) is 6.80. The Morgan fingerprint density at radius 3 is 3.12 bits per heavy atom. The van der Waals surface area contributed by atoms with E-state index < -0.39 is 0 Å². The monoisotopic (exact) mass is 234 g/mol. The molecule has 1 aliphatic heterocycles. The number of pyridine rings is 1. The first-order valence-corrected chi connectivity index (χ1v) is 6.44. The van der Waals surface area contributed by atoms with Crippen LogP contribution in [0.15, 0.2) is 18.3 Å². The highest BCUT2D eigenvalue weighted by Gasteiger charge is 2.22. The van der Waals surface area contributed by atoms with Crippen LogP contribution in [0.4, 0.5) is 5.69 Å². The van der Waals surface area contributed by atoms with E-state index in [4.69, 9.17) is 5.73 Å². The second-order valence-corrected chi connectivity index (χ2v) is 4.56. The topological polar surface area (TPSA) is 54.2 Å². The number of rotatable bonds is 5. The second-order valence-electron chi connectivity index (χ2n) is 4.56. The average molecular weight is 234 g/mol. The number of hydrogen-bond acceptors (Lipinski definition) is 4. The summed E-state index contributed by atoms with van der Waals surface area (Å²) in [5, 5.41) is 3.55. The molecule has 1 aromatic heterocycles. The predicted molar refractivity (Wildman–Crippen MR) is 71.0 cm³/mol. The van der Waals surface area contributed by atoms with E-state index in [1.165, 1.54) is 18.5 Å². The molecule has 0 spiro atoms. The number of nitrogens with one attached hydrogen (secondary N) is 1. The van der Waals surface area contributed by atoms with Crippen molar-refractivity contribution in [3.63, 3.8) is 0 Å². The van der Waals surface area contributed by atoms with Crippen LogP contribution < -0.4 is 16.0 Å². The number of nitrogens with two attached hydrogens (primary N) is 1. The van der Waals surface area contributed by atoms with Gasteiger partial charge < -0.3 is 10.6 Å². The molecular formula is C13H22N4. The van der Waals surface area contributed by atoms with Gasteiger partial charge in [0.2, 0.25) is 0 Å². The zero-order chi connectivity index (χ0) is 12.1. The fourth-order valence-corrected chi connectivity index (χ4v) is 2.42. The van der Waals surface area contributed by atoms with E-state index in [0.717, 1.165) is 31.7 Å². The molecule has 0 aromatic carbocycles.